The van der Waals surface area contributed by atoms with Crippen LogP contribution in [0.2, 0.25) is 0 Å². The quantitative estimate of drug-likeness (QED) is 0.874. The van der Waals surface area contributed by atoms with Crippen molar-refractivity contribution in [2.75, 3.05) is 0 Å². The van der Waals surface area contributed by atoms with Gasteiger partial charge in [-0.25, -0.2) is 4.98 Å². The minimum Gasteiger partial charge on any atom is -0.351 e. The maximum Gasteiger partial charge on any atom is 0.224 e. The summed E-state index contributed by atoms with van der Waals surface area (Å²) in [6.07, 6.45) is 0.366. The molecule has 1 heterocycles. The van der Waals surface area contributed by atoms with Gasteiger partial charge in [-0.1, -0.05) is 24.3 Å². The number of rotatable bonds is 5. The van der Waals surface area contributed by atoms with Gasteiger partial charge in [-0.2, -0.15) is 0 Å². The molecule has 0 bridgehead atoms. The molecule has 0 fully saturated rings. The molecule has 4 nitrogen and oxygen atoms in total. The minimum atomic E-state index is 0.00806. The van der Waals surface area contributed by atoms with Crippen LogP contribution in [0, 0.1) is 6.92 Å². The van der Waals surface area contributed by atoms with Crippen molar-refractivity contribution in [3.8, 4) is 0 Å². The molecule has 100 valence electrons. The lowest BCUT2D eigenvalue weighted by atomic mass is 10.0. The molecular weight excluding hydrogens is 258 g/mol. The third-order valence-electron chi connectivity index (χ3n) is 2.98. The lowest BCUT2D eigenvalue weighted by Crippen LogP contribution is -2.25. The lowest BCUT2D eigenvalue weighted by Gasteiger charge is -2.08. The van der Waals surface area contributed by atoms with Crippen LogP contribution < -0.4 is 11.1 Å². The van der Waals surface area contributed by atoms with Gasteiger partial charge in [0, 0.05) is 11.4 Å². The SMILES string of the molecule is Cc1ncsc1CNC(=O)Cc1ccccc1CN. The molecule has 0 radical (unpaired) electrons. The van der Waals surface area contributed by atoms with Crippen LogP contribution in [0.4, 0.5) is 0 Å². The van der Waals surface area contributed by atoms with Crippen LogP contribution in [0.1, 0.15) is 21.7 Å². The van der Waals surface area contributed by atoms with E-state index < -0.39 is 0 Å². The molecule has 1 amide bonds. The highest BCUT2D eigenvalue weighted by Gasteiger charge is 2.08. The standard InChI is InChI=1S/C14H17N3OS/c1-10-13(19-9-17-10)8-16-14(18)6-11-4-2-3-5-12(11)7-15/h2-5,9H,6-8,15H2,1H3,(H,16,18). The maximum absolute atomic E-state index is 11.9. The van der Waals surface area contributed by atoms with Crippen LogP contribution in [0.3, 0.4) is 0 Å². The minimum absolute atomic E-state index is 0.00806. The second-order valence-electron chi connectivity index (χ2n) is 4.29. The van der Waals surface area contributed by atoms with Crippen molar-refractivity contribution in [2.24, 2.45) is 5.73 Å². The monoisotopic (exact) mass is 275 g/mol. The highest BCUT2D eigenvalue weighted by Crippen LogP contribution is 2.12. The van der Waals surface area contributed by atoms with Crippen molar-refractivity contribution >= 4 is 17.2 Å². The Bertz CT molecular complexity index is 565. The fourth-order valence-electron chi connectivity index (χ4n) is 1.84. The molecular formula is C14H17N3OS. The number of hydrogen-bond acceptors (Lipinski definition) is 4. The van der Waals surface area contributed by atoms with Crippen LogP contribution in [0.25, 0.3) is 0 Å². The number of nitrogens with one attached hydrogen (secondary N) is 1. The van der Waals surface area contributed by atoms with Crippen molar-refractivity contribution in [3.63, 3.8) is 0 Å². The molecule has 1 aromatic carbocycles. The Morgan fingerprint density at radius 1 is 1.37 bits per heavy atom. The molecule has 3 N–H and O–H groups in total. The van der Waals surface area contributed by atoms with E-state index in [1.165, 1.54) is 0 Å². The average molecular weight is 275 g/mol. The van der Waals surface area contributed by atoms with Crippen LogP contribution in [0.15, 0.2) is 29.8 Å². The summed E-state index contributed by atoms with van der Waals surface area (Å²) in [6, 6.07) is 7.76. The normalized spacial score (nSPS) is 10.4. The number of aromatic nitrogens is 1. The van der Waals surface area contributed by atoms with Gasteiger partial charge in [0.1, 0.15) is 0 Å². The number of carbonyl (C=O) groups is 1. The van der Waals surface area contributed by atoms with Gasteiger partial charge in [0.15, 0.2) is 0 Å². The Morgan fingerprint density at radius 3 is 2.74 bits per heavy atom. The molecule has 0 aliphatic heterocycles. The third kappa shape index (κ3) is 3.62. The molecule has 0 aliphatic carbocycles. The van der Waals surface area contributed by atoms with E-state index in [1.54, 1.807) is 16.8 Å². The van der Waals surface area contributed by atoms with Gasteiger partial charge in [-0.15, -0.1) is 11.3 Å². The number of aryl methyl sites for hydroxylation is 1. The molecule has 0 unspecified atom stereocenters. The molecule has 0 saturated carbocycles. The second kappa shape index (κ2) is 6.45. The molecule has 2 aromatic rings. The highest BCUT2D eigenvalue weighted by atomic mass is 32.1. The van der Waals surface area contributed by atoms with E-state index in [4.69, 9.17) is 5.73 Å². The highest BCUT2D eigenvalue weighted by molar-refractivity contribution is 7.09. The largest absolute Gasteiger partial charge is 0.351 e. The Kier molecular flexibility index (Phi) is 4.65. The first-order valence-corrected chi connectivity index (χ1v) is 7.01. The van der Waals surface area contributed by atoms with Gasteiger partial charge >= 0.3 is 0 Å². The molecule has 0 spiro atoms. The summed E-state index contributed by atoms with van der Waals surface area (Å²) < 4.78 is 0. The van der Waals surface area contributed by atoms with E-state index in [1.807, 2.05) is 31.2 Å². The van der Waals surface area contributed by atoms with Gasteiger partial charge < -0.3 is 11.1 Å². The Morgan fingerprint density at radius 2 is 2.11 bits per heavy atom. The molecule has 5 heteroatoms. The topological polar surface area (TPSA) is 68.0 Å². The number of nitrogens with zero attached hydrogens (tertiary/aromatic N) is 1. The predicted octanol–water partition coefficient (Wildman–Crippen LogP) is 1.77. The zero-order chi connectivity index (χ0) is 13.7. The average Bonchev–Trinajstić information content (AvgIpc) is 2.82. The Balaban J connectivity index is 1.93. The fraction of sp³-hybridized carbons (Fsp3) is 0.286. The van der Waals surface area contributed by atoms with Gasteiger partial charge in [-0.05, 0) is 18.1 Å². The lowest BCUT2D eigenvalue weighted by molar-refractivity contribution is -0.120. The van der Waals surface area contributed by atoms with Crippen molar-refractivity contribution < 1.29 is 4.79 Å². The summed E-state index contributed by atoms with van der Waals surface area (Å²) in [5, 5.41) is 2.92. The van der Waals surface area contributed by atoms with Gasteiger partial charge in [0.05, 0.1) is 24.2 Å². The third-order valence-corrected chi connectivity index (χ3v) is 3.92. The number of thiazole rings is 1. The van der Waals surface area contributed by atoms with Crippen LogP contribution >= 0.6 is 11.3 Å². The van der Waals surface area contributed by atoms with E-state index in [0.29, 0.717) is 19.5 Å². The zero-order valence-electron chi connectivity index (χ0n) is 10.8. The van der Waals surface area contributed by atoms with Crippen molar-refractivity contribution in [3.05, 3.63) is 51.5 Å². The number of carbonyl (C=O) groups excluding carboxylic acids is 1. The first kappa shape index (κ1) is 13.7. The smallest absolute Gasteiger partial charge is 0.224 e. The van der Waals surface area contributed by atoms with Crippen LogP contribution in [-0.2, 0) is 24.3 Å². The number of hydrogen-bond donors (Lipinski definition) is 2. The number of benzene rings is 1. The van der Waals surface area contributed by atoms with Crippen molar-refractivity contribution in [2.45, 2.75) is 26.4 Å². The number of amides is 1. The van der Waals surface area contributed by atoms with E-state index in [2.05, 4.69) is 10.3 Å². The number of nitrogens with two attached hydrogens (primary N) is 1. The Hall–Kier alpha value is -1.72. The van der Waals surface area contributed by atoms with Gasteiger partial charge in [-0.3, -0.25) is 4.79 Å². The van der Waals surface area contributed by atoms with E-state index in [0.717, 1.165) is 21.7 Å². The fourth-order valence-corrected chi connectivity index (χ4v) is 2.56. The summed E-state index contributed by atoms with van der Waals surface area (Å²) in [4.78, 5) is 17.2. The van der Waals surface area contributed by atoms with Crippen molar-refractivity contribution in [1.82, 2.24) is 10.3 Å². The van der Waals surface area contributed by atoms with E-state index >= 15 is 0 Å². The molecule has 19 heavy (non-hydrogen) atoms. The Labute approximate surface area is 116 Å². The van der Waals surface area contributed by atoms with E-state index in [-0.39, 0.29) is 5.91 Å². The van der Waals surface area contributed by atoms with Gasteiger partial charge in [0.2, 0.25) is 5.91 Å². The first-order valence-electron chi connectivity index (χ1n) is 6.13. The molecule has 0 saturated heterocycles. The predicted molar refractivity (Wildman–Crippen MR) is 76.7 cm³/mol. The maximum atomic E-state index is 11.9. The summed E-state index contributed by atoms with van der Waals surface area (Å²) in [5.74, 6) is 0.00806. The van der Waals surface area contributed by atoms with Gasteiger partial charge in [0.25, 0.3) is 0 Å². The summed E-state index contributed by atoms with van der Waals surface area (Å²) in [5.41, 5.74) is 10.4. The van der Waals surface area contributed by atoms with Crippen molar-refractivity contribution in [1.29, 1.82) is 0 Å². The summed E-state index contributed by atoms with van der Waals surface area (Å²) in [7, 11) is 0. The van der Waals surface area contributed by atoms with Crippen LogP contribution in [-0.4, -0.2) is 10.9 Å². The zero-order valence-corrected chi connectivity index (χ0v) is 11.7. The molecule has 2 rings (SSSR count). The second-order valence-corrected chi connectivity index (χ2v) is 5.23. The van der Waals surface area contributed by atoms with Crippen LogP contribution in [0.5, 0.6) is 0 Å². The molecule has 0 atom stereocenters. The first-order chi connectivity index (χ1) is 9.20. The van der Waals surface area contributed by atoms with E-state index in [9.17, 15) is 4.79 Å². The summed E-state index contributed by atoms with van der Waals surface area (Å²) in [6.45, 7) is 2.94. The molecule has 0 aliphatic rings. The molecule has 1 aromatic heterocycles. The summed E-state index contributed by atoms with van der Waals surface area (Å²) >= 11 is 1.56.